The molecule has 0 aliphatic carbocycles. The van der Waals surface area contributed by atoms with Crippen LogP contribution in [0, 0.1) is 0 Å². The maximum atomic E-state index is 5.67. The summed E-state index contributed by atoms with van der Waals surface area (Å²) in [7, 11) is 1.67. The van der Waals surface area contributed by atoms with Gasteiger partial charge in [0.15, 0.2) is 5.82 Å². The Hall–Kier alpha value is -1.67. The lowest BCUT2D eigenvalue weighted by molar-refractivity contribution is 0.113. The molecule has 1 saturated heterocycles. The summed E-state index contributed by atoms with van der Waals surface area (Å²) in [6, 6.07) is 1.93. The van der Waals surface area contributed by atoms with E-state index < -0.39 is 0 Å². The van der Waals surface area contributed by atoms with Crippen LogP contribution >= 0.6 is 11.5 Å². The van der Waals surface area contributed by atoms with Gasteiger partial charge in [0.25, 0.3) is 0 Å². The highest BCUT2D eigenvalue weighted by atomic mass is 32.1. The summed E-state index contributed by atoms with van der Waals surface area (Å²) in [6.07, 6.45) is 2.08. The maximum absolute atomic E-state index is 5.67. The highest BCUT2D eigenvalue weighted by Crippen LogP contribution is 2.31. The molecule has 7 nitrogen and oxygen atoms in total. The number of nitrogens with one attached hydrogen (secondary N) is 1. The Morgan fingerprint density at radius 2 is 2.24 bits per heavy atom. The van der Waals surface area contributed by atoms with E-state index in [1.54, 1.807) is 7.11 Å². The summed E-state index contributed by atoms with van der Waals surface area (Å²) in [5.41, 5.74) is 6.80. The molecular formula is C13H20N6OS. The molecule has 0 bridgehead atoms. The predicted octanol–water partition coefficient (Wildman–Crippen LogP) is 1.93. The molecule has 8 heteroatoms. The first-order valence-corrected chi connectivity index (χ1v) is 7.87. The number of H-pyrrole nitrogens is 1. The molecule has 1 aliphatic heterocycles. The zero-order chi connectivity index (χ0) is 14.8. The topological polar surface area (TPSA) is 93.0 Å². The molecule has 0 unspecified atom stereocenters. The first-order valence-electron chi connectivity index (χ1n) is 7.09. The fraction of sp³-hybridized carbons (Fsp3) is 0.615. The highest BCUT2D eigenvalue weighted by Gasteiger charge is 2.24. The van der Waals surface area contributed by atoms with Crippen LogP contribution in [0.1, 0.15) is 43.3 Å². The minimum Gasteiger partial charge on any atom is -0.382 e. The second-order valence-corrected chi connectivity index (χ2v) is 6.05. The minimum atomic E-state index is -0.0551. The van der Waals surface area contributed by atoms with Crippen LogP contribution < -0.4 is 10.6 Å². The number of hydrogen-bond donors (Lipinski definition) is 2. The summed E-state index contributed by atoms with van der Waals surface area (Å²) in [5.74, 6) is 1.83. The van der Waals surface area contributed by atoms with Gasteiger partial charge in [0.2, 0.25) is 5.13 Å². The Kier molecular flexibility index (Phi) is 4.07. The van der Waals surface area contributed by atoms with Crippen molar-refractivity contribution in [3.63, 3.8) is 0 Å². The lowest BCUT2D eigenvalue weighted by Crippen LogP contribution is -2.32. The van der Waals surface area contributed by atoms with Crippen molar-refractivity contribution in [2.24, 2.45) is 0 Å². The summed E-state index contributed by atoms with van der Waals surface area (Å²) in [6.45, 7) is 3.90. The molecule has 1 atom stereocenters. The lowest BCUT2D eigenvalue weighted by Gasteiger charge is -2.30. The standard InChI is InChI=1S/C13H20N6OS/c1-8(20-2)12-15-13(21-18-12)19-5-3-9(4-6-19)10-7-11(14)17-16-10/h7-9H,3-6H2,1-2H3,(H3,14,16,17)/t8-/m1/s1. The van der Waals surface area contributed by atoms with Crippen molar-refractivity contribution in [1.82, 2.24) is 19.6 Å². The molecular weight excluding hydrogens is 288 g/mol. The second kappa shape index (κ2) is 5.98. The van der Waals surface area contributed by atoms with Crippen molar-refractivity contribution >= 4 is 22.5 Å². The van der Waals surface area contributed by atoms with E-state index in [9.17, 15) is 0 Å². The number of nitrogens with zero attached hydrogens (tertiary/aromatic N) is 4. The fourth-order valence-corrected chi connectivity index (χ4v) is 3.37. The molecule has 2 aromatic heterocycles. The van der Waals surface area contributed by atoms with E-state index in [2.05, 4.69) is 24.5 Å². The van der Waals surface area contributed by atoms with E-state index in [-0.39, 0.29) is 6.10 Å². The molecule has 0 aromatic carbocycles. The average molecular weight is 308 g/mol. The van der Waals surface area contributed by atoms with Gasteiger partial charge in [-0.15, -0.1) is 0 Å². The SMILES string of the molecule is CO[C@H](C)c1nsc(N2CCC(c3cc(N)n[nH]3)CC2)n1. The van der Waals surface area contributed by atoms with Gasteiger partial charge in [-0.25, -0.2) is 4.98 Å². The fourth-order valence-electron chi connectivity index (χ4n) is 2.57. The van der Waals surface area contributed by atoms with Gasteiger partial charge in [-0.1, -0.05) is 0 Å². The second-order valence-electron chi connectivity index (χ2n) is 5.32. The Bertz CT molecular complexity index is 589. The van der Waals surface area contributed by atoms with E-state index >= 15 is 0 Å². The van der Waals surface area contributed by atoms with Gasteiger partial charge in [0, 0.05) is 49.4 Å². The van der Waals surface area contributed by atoms with Crippen LogP contribution in [0.2, 0.25) is 0 Å². The Morgan fingerprint density at radius 1 is 1.48 bits per heavy atom. The van der Waals surface area contributed by atoms with Crippen LogP contribution in [-0.2, 0) is 4.74 Å². The lowest BCUT2D eigenvalue weighted by atomic mass is 9.94. The van der Waals surface area contributed by atoms with Gasteiger partial charge in [-0.05, 0) is 19.8 Å². The van der Waals surface area contributed by atoms with Gasteiger partial charge in [-0.2, -0.15) is 9.47 Å². The maximum Gasteiger partial charge on any atom is 0.205 e. The average Bonchev–Trinajstić information content (AvgIpc) is 3.16. The number of aromatic amines is 1. The molecule has 21 heavy (non-hydrogen) atoms. The molecule has 0 radical (unpaired) electrons. The third-order valence-corrected chi connectivity index (χ3v) is 4.76. The molecule has 0 spiro atoms. The van der Waals surface area contributed by atoms with Crippen LogP contribution in [0.25, 0.3) is 0 Å². The number of methoxy groups -OCH3 is 1. The van der Waals surface area contributed by atoms with Crippen molar-refractivity contribution in [3.05, 3.63) is 17.6 Å². The van der Waals surface area contributed by atoms with E-state index in [4.69, 9.17) is 10.5 Å². The molecule has 0 amide bonds. The molecule has 1 fully saturated rings. The summed E-state index contributed by atoms with van der Waals surface area (Å²) in [4.78, 5) is 6.87. The van der Waals surface area contributed by atoms with Crippen LogP contribution in [0.15, 0.2) is 6.07 Å². The van der Waals surface area contributed by atoms with Gasteiger partial charge >= 0.3 is 0 Å². The normalized spacial score (nSPS) is 18.1. The number of rotatable bonds is 4. The number of piperidine rings is 1. The van der Waals surface area contributed by atoms with Gasteiger partial charge in [0.1, 0.15) is 11.9 Å². The van der Waals surface area contributed by atoms with Crippen LogP contribution in [0.3, 0.4) is 0 Å². The molecule has 3 N–H and O–H groups in total. The third-order valence-electron chi connectivity index (χ3n) is 3.97. The molecule has 3 heterocycles. The largest absolute Gasteiger partial charge is 0.382 e. The van der Waals surface area contributed by atoms with E-state index in [1.807, 2.05) is 13.0 Å². The van der Waals surface area contributed by atoms with Crippen molar-refractivity contribution in [3.8, 4) is 0 Å². The van der Waals surface area contributed by atoms with Crippen molar-refractivity contribution in [2.75, 3.05) is 30.8 Å². The number of hydrogen-bond acceptors (Lipinski definition) is 7. The van der Waals surface area contributed by atoms with Crippen LogP contribution in [-0.4, -0.2) is 39.8 Å². The summed E-state index contributed by atoms with van der Waals surface area (Å²) < 4.78 is 9.63. The zero-order valence-corrected chi connectivity index (χ0v) is 13.1. The van der Waals surface area contributed by atoms with Crippen molar-refractivity contribution in [1.29, 1.82) is 0 Å². The highest BCUT2D eigenvalue weighted by molar-refractivity contribution is 7.09. The quantitative estimate of drug-likeness (QED) is 0.896. The first-order chi connectivity index (χ1) is 10.2. The first kappa shape index (κ1) is 14.3. The molecule has 2 aromatic rings. The van der Waals surface area contributed by atoms with Crippen molar-refractivity contribution in [2.45, 2.75) is 31.8 Å². The number of nitrogens with two attached hydrogens (primary N) is 1. The summed E-state index contributed by atoms with van der Waals surface area (Å²) in [5, 5.41) is 8.01. The molecule has 1 aliphatic rings. The van der Waals surface area contributed by atoms with Crippen LogP contribution in [0.5, 0.6) is 0 Å². The Labute approximate surface area is 127 Å². The van der Waals surface area contributed by atoms with Gasteiger partial charge in [-0.3, -0.25) is 5.10 Å². The van der Waals surface area contributed by atoms with E-state index in [0.717, 1.165) is 42.6 Å². The van der Waals surface area contributed by atoms with Gasteiger partial charge < -0.3 is 15.4 Å². The number of nitrogen functional groups attached to an aromatic ring is 1. The monoisotopic (exact) mass is 308 g/mol. The molecule has 0 saturated carbocycles. The smallest absolute Gasteiger partial charge is 0.205 e. The number of ether oxygens (including phenoxy) is 1. The van der Waals surface area contributed by atoms with Gasteiger partial charge in [0.05, 0.1) is 0 Å². The minimum absolute atomic E-state index is 0.0551. The van der Waals surface area contributed by atoms with Crippen molar-refractivity contribution < 1.29 is 4.74 Å². The predicted molar refractivity (Wildman–Crippen MR) is 82.5 cm³/mol. The Balaban J connectivity index is 1.61. The van der Waals surface area contributed by atoms with Crippen LogP contribution in [0.4, 0.5) is 10.9 Å². The Morgan fingerprint density at radius 3 is 2.86 bits per heavy atom. The molecule has 3 rings (SSSR count). The molecule has 114 valence electrons. The summed E-state index contributed by atoms with van der Waals surface area (Å²) >= 11 is 1.45. The third kappa shape index (κ3) is 3.01. The number of aromatic nitrogens is 4. The van der Waals surface area contributed by atoms with E-state index in [0.29, 0.717) is 11.7 Å². The number of anilines is 2. The van der Waals surface area contributed by atoms with E-state index in [1.165, 1.54) is 11.5 Å². The zero-order valence-electron chi connectivity index (χ0n) is 12.2.